The minimum Gasteiger partial charge on any atom is -0.481 e. The molecule has 0 saturated carbocycles. The number of rotatable bonds is 10. The van der Waals surface area contributed by atoms with Gasteiger partial charge >= 0.3 is 5.97 Å². The van der Waals surface area contributed by atoms with Gasteiger partial charge in [0.15, 0.2) is 0 Å². The number of hydrogen-bond donors (Lipinski definition) is 3. The number of nitrogens with two attached hydrogens (primary N) is 1. The molecule has 0 spiro atoms. The molecule has 1 aromatic heterocycles. The molecule has 0 radical (unpaired) electrons. The average Bonchev–Trinajstić information content (AvgIpc) is 2.66. The number of hydrazone groups is 1. The van der Waals surface area contributed by atoms with E-state index >= 15 is 0 Å². The number of pyridine rings is 1. The SMILES string of the molecule is NN=Cc1ccc(CCCCC(=O)NC(CC(=O)O)c2cccnc2)cc1. The molecule has 0 aliphatic rings. The lowest BCUT2D eigenvalue weighted by Crippen LogP contribution is -2.30. The number of benzene rings is 1. The molecule has 7 nitrogen and oxygen atoms in total. The second kappa shape index (κ2) is 10.7. The third-order valence-electron chi connectivity index (χ3n) is 4.12. The first-order chi connectivity index (χ1) is 13.1. The van der Waals surface area contributed by atoms with Crippen LogP contribution in [0.4, 0.5) is 0 Å². The van der Waals surface area contributed by atoms with Crippen LogP contribution in [0.25, 0.3) is 0 Å². The summed E-state index contributed by atoms with van der Waals surface area (Å²) in [6.45, 7) is 0. The maximum atomic E-state index is 12.2. The van der Waals surface area contributed by atoms with Gasteiger partial charge < -0.3 is 16.3 Å². The predicted molar refractivity (Wildman–Crippen MR) is 103 cm³/mol. The van der Waals surface area contributed by atoms with Crippen molar-refractivity contribution in [1.29, 1.82) is 0 Å². The Kier molecular flexibility index (Phi) is 7.96. The van der Waals surface area contributed by atoms with Crippen molar-refractivity contribution in [2.75, 3.05) is 0 Å². The first-order valence-electron chi connectivity index (χ1n) is 8.81. The third kappa shape index (κ3) is 7.27. The molecule has 27 heavy (non-hydrogen) atoms. The maximum Gasteiger partial charge on any atom is 0.305 e. The van der Waals surface area contributed by atoms with Gasteiger partial charge in [-0.05, 0) is 42.0 Å². The van der Waals surface area contributed by atoms with Crippen LogP contribution in [-0.2, 0) is 16.0 Å². The first-order valence-corrected chi connectivity index (χ1v) is 8.81. The molecule has 1 aromatic carbocycles. The molecule has 0 aliphatic carbocycles. The van der Waals surface area contributed by atoms with Crippen molar-refractivity contribution in [3.63, 3.8) is 0 Å². The number of carbonyl (C=O) groups is 2. The van der Waals surface area contributed by atoms with E-state index in [4.69, 9.17) is 10.9 Å². The molecule has 1 amide bonds. The molecule has 0 saturated heterocycles. The number of hydrogen-bond acceptors (Lipinski definition) is 5. The van der Waals surface area contributed by atoms with Gasteiger partial charge in [0, 0.05) is 18.8 Å². The lowest BCUT2D eigenvalue weighted by molar-refractivity contribution is -0.137. The second-order valence-electron chi connectivity index (χ2n) is 6.23. The summed E-state index contributed by atoms with van der Waals surface area (Å²) in [5.74, 6) is 4.00. The van der Waals surface area contributed by atoms with Crippen LogP contribution in [0.15, 0.2) is 53.9 Å². The zero-order chi connectivity index (χ0) is 19.5. The Morgan fingerprint density at radius 2 is 2.00 bits per heavy atom. The Hall–Kier alpha value is -3.22. The summed E-state index contributed by atoms with van der Waals surface area (Å²) in [6, 6.07) is 10.8. The number of nitrogens with one attached hydrogen (secondary N) is 1. The summed E-state index contributed by atoms with van der Waals surface area (Å²) in [7, 11) is 0. The van der Waals surface area contributed by atoms with E-state index in [0.29, 0.717) is 12.0 Å². The summed E-state index contributed by atoms with van der Waals surface area (Å²) < 4.78 is 0. The van der Waals surface area contributed by atoms with Crippen molar-refractivity contribution >= 4 is 18.1 Å². The van der Waals surface area contributed by atoms with Crippen molar-refractivity contribution in [1.82, 2.24) is 10.3 Å². The highest BCUT2D eigenvalue weighted by atomic mass is 16.4. The van der Waals surface area contributed by atoms with E-state index in [1.165, 1.54) is 5.56 Å². The van der Waals surface area contributed by atoms with E-state index in [-0.39, 0.29) is 12.3 Å². The molecule has 0 bridgehead atoms. The van der Waals surface area contributed by atoms with Crippen LogP contribution >= 0.6 is 0 Å². The Balaban J connectivity index is 1.77. The van der Waals surface area contributed by atoms with E-state index < -0.39 is 12.0 Å². The number of carbonyl (C=O) groups excluding carboxylic acids is 1. The third-order valence-corrected chi connectivity index (χ3v) is 4.12. The van der Waals surface area contributed by atoms with E-state index in [1.54, 1.807) is 30.7 Å². The highest BCUT2D eigenvalue weighted by Crippen LogP contribution is 2.16. The topological polar surface area (TPSA) is 118 Å². The van der Waals surface area contributed by atoms with Crippen LogP contribution < -0.4 is 11.2 Å². The normalized spacial score (nSPS) is 12.0. The van der Waals surface area contributed by atoms with E-state index in [1.807, 2.05) is 24.3 Å². The Morgan fingerprint density at radius 1 is 1.22 bits per heavy atom. The monoisotopic (exact) mass is 368 g/mol. The molecule has 0 fully saturated rings. The van der Waals surface area contributed by atoms with Gasteiger partial charge in [-0.25, -0.2) is 0 Å². The molecule has 142 valence electrons. The van der Waals surface area contributed by atoms with Gasteiger partial charge in [0.1, 0.15) is 0 Å². The Morgan fingerprint density at radius 3 is 2.63 bits per heavy atom. The molecule has 4 N–H and O–H groups in total. The highest BCUT2D eigenvalue weighted by Gasteiger charge is 2.18. The summed E-state index contributed by atoms with van der Waals surface area (Å²) in [5.41, 5.74) is 2.82. The predicted octanol–water partition coefficient (Wildman–Crippen LogP) is 2.42. The fourth-order valence-corrected chi connectivity index (χ4v) is 2.75. The highest BCUT2D eigenvalue weighted by molar-refractivity contribution is 5.79. The molecule has 2 rings (SSSR count). The molecule has 1 unspecified atom stereocenters. The fourth-order valence-electron chi connectivity index (χ4n) is 2.75. The minimum absolute atomic E-state index is 0.153. The maximum absolute atomic E-state index is 12.2. The van der Waals surface area contributed by atoms with E-state index in [2.05, 4.69) is 15.4 Å². The van der Waals surface area contributed by atoms with E-state index in [0.717, 1.165) is 24.8 Å². The van der Waals surface area contributed by atoms with Gasteiger partial charge in [-0.2, -0.15) is 5.10 Å². The summed E-state index contributed by atoms with van der Waals surface area (Å²) in [6.07, 6.45) is 7.42. The fraction of sp³-hybridized carbons (Fsp3) is 0.300. The minimum atomic E-state index is -0.965. The number of unbranched alkanes of at least 4 members (excludes halogenated alkanes) is 1. The number of aromatic nitrogens is 1. The lowest BCUT2D eigenvalue weighted by Gasteiger charge is -2.17. The summed E-state index contributed by atoms with van der Waals surface area (Å²) in [5, 5.41) is 15.3. The van der Waals surface area contributed by atoms with Gasteiger partial charge in [-0.3, -0.25) is 14.6 Å². The number of aryl methyl sites for hydroxylation is 1. The quantitative estimate of drug-likeness (QED) is 0.258. The van der Waals surface area contributed by atoms with Crippen LogP contribution in [0.3, 0.4) is 0 Å². The van der Waals surface area contributed by atoms with Gasteiger partial charge in [0.05, 0.1) is 18.7 Å². The molecule has 1 heterocycles. The van der Waals surface area contributed by atoms with Crippen LogP contribution in [0.5, 0.6) is 0 Å². The van der Waals surface area contributed by atoms with Crippen LogP contribution in [0, 0.1) is 0 Å². The number of nitrogens with zero attached hydrogens (tertiary/aromatic N) is 2. The lowest BCUT2D eigenvalue weighted by atomic mass is 10.0. The van der Waals surface area contributed by atoms with Crippen LogP contribution in [-0.4, -0.2) is 28.2 Å². The number of aliphatic carboxylic acids is 1. The molecule has 0 aliphatic heterocycles. The number of amides is 1. The summed E-state index contributed by atoms with van der Waals surface area (Å²) in [4.78, 5) is 27.2. The van der Waals surface area contributed by atoms with E-state index in [9.17, 15) is 9.59 Å². The molecular formula is C20H24N4O3. The van der Waals surface area contributed by atoms with Gasteiger partial charge in [0.25, 0.3) is 0 Å². The van der Waals surface area contributed by atoms with Crippen molar-refractivity contribution < 1.29 is 14.7 Å². The van der Waals surface area contributed by atoms with Crippen molar-refractivity contribution in [2.24, 2.45) is 10.9 Å². The summed E-state index contributed by atoms with van der Waals surface area (Å²) >= 11 is 0. The largest absolute Gasteiger partial charge is 0.481 e. The van der Waals surface area contributed by atoms with Crippen molar-refractivity contribution in [3.8, 4) is 0 Å². The molecular weight excluding hydrogens is 344 g/mol. The number of carboxylic acids is 1. The second-order valence-corrected chi connectivity index (χ2v) is 6.23. The average molecular weight is 368 g/mol. The zero-order valence-corrected chi connectivity index (χ0v) is 15.0. The number of carboxylic acid groups (broad SMARTS) is 1. The molecule has 1 atom stereocenters. The zero-order valence-electron chi connectivity index (χ0n) is 15.0. The van der Waals surface area contributed by atoms with Crippen LogP contribution in [0.1, 0.15) is 48.4 Å². The Bertz CT molecular complexity index is 761. The van der Waals surface area contributed by atoms with Gasteiger partial charge in [-0.1, -0.05) is 30.3 Å². The van der Waals surface area contributed by atoms with Gasteiger partial charge in [0.2, 0.25) is 5.91 Å². The smallest absolute Gasteiger partial charge is 0.305 e. The first kappa shape index (κ1) is 20.1. The Labute approximate surface area is 158 Å². The molecule has 7 heteroatoms. The van der Waals surface area contributed by atoms with Crippen molar-refractivity contribution in [2.45, 2.75) is 38.1 Å². The van der Waals surface area contributed by atoms with Gasteiger partial charge in [-0.15, -0.1) is 0 Å². The molecule has 2 aromatic rings. The van der Waals surface area contributed by atoms with Crippen LogP contribution in [0.2, 0.25) is 0 Å². The van der Waals surface area contributed by atoms with Crippen molar-refractivity contribution in [3.05, 3.63) is 65.5 Å². The standard InChI is InChI=1S/C20H24N4O3/c21-23-13-16-9-7-15(8-10-16)4-1-2-6-19(25)24-18(12-20(26)27)17-5-3-11-22-14-17/h3,5,7-11,13-14,18H,1-2,4,6,12,21H2,(H,24,25)(H,26,27).